The maximum Gasteiger partial charge on any atom is 0.0984 e. The van der Waals surface area contributed by atoms with Crippen LogP contribution in [0, 0.1) is 0 Å². The molecule has 0 radical (unpaired) electrons. The van der Waals surface area contributed by atoms with Gasteiger partial charge in [0.25, 0.3) is 0 Å². The van der Waals surface area contributed by atoms with Crippen LogP contribution in [0.4, 0.5) is 0 Å². The Balaban J connectivity index is 1.71. The second-order valence-corrected chi connectivity index (χ2v) is 5.27. The van der Waals surface area contributed by atoms with Crippen molar-refractivity contribution in [3.63, 3.8) is 0 Å². The fourth-order valence-electron chi connectivity index (χ4n) is 2.11. The first-order valence-electron chi connectivity index (χ1n) is 5.67. The fourth-order valence-corrected chi connectivity index (χ4v) is 3.12. The van der Waals surface area contributed by atoms with Crippen LogP contribution in [0.5, 0.6) is 0 Å². The molecule has 0 bridgehead atoms. The molecule has 1 atom stereocenters. The van der Waals surface area contributed by atoms with Crippen molar-refractivity contribution in [3.05, 3.63) is 16.1 Å². The highest BCUT2D eigenvalue weighted by Gasteiger charge is 2.24. The molecule has 2 aliphatic rings. The summed E-state index contributed by atoms with van der Waals surface area (Å²) in [6, 6.07) is 0. The van der Waals surface area contributed by atoms with E-state index in [0.717, 1.165) is 26.3 Å². The van der Waals surface area contributed by atoms with Crippen LogP contribution in [0.15, 0.2) is 5.38 Å². The van der Waals surface area contributed by atoms with Crippen molar-refractivity contribution in [2.24, 2.45) is 0 Å². The maximum absolute atomic E-state index is 5.50. The third kappa shape index (κ3) is 1.94. The van der Waals surface area contributed by atoms with Crippen molar-refractivity contribution in [3.8, 4) is 0 Å². The molecule has 0 aromatic carbocycles. The lowest BCUT2D eigenvalue weighted by molar-refractivity contribution is 0.0794. The van der Waals surface area contributed by atoms with Gasteiger partial charge in [0.1, 0.15) is 0 Å². The highest BCUT2D eigenvalue weighted by atomic mass is 32.1. The molecule has 0 aliphatic carbocycles. The van der Waals surface area contributed by atoms with Gasteiger partial charge in [-0.2, -0.15) is 0 Å². The molecule has 82 valence electrons. The Hall–Kier alpha value is -0.450. The van der Waals surface area contributed by atoms with Crippen LogP contribution in [0.2, 0.25) is 0 Å². The van der Waals surface area contributed by atoms with Crippen LogP contribution < -0.4 is 5.32 Å². The summed E-state index contributed by atoms with van der Waals surface area (Å²) in [6.45, 7) is 4.01. The van der Waals surface area contributed by atoms with Crippen molar-refractivity contribution in [1.29, 1.82) is 0 Å². The van der Waals surface area contributed by atoms with E-state index in [-0.39, 0.29) is 0 Å². The van der Waals surface area contributed by atoms with Gasteiger partial charge < -0.3 is 10.1 Å². The molecule has 0 amide bonds. The van der Waals surface area contributed by atoms with Gasteiger partial charge in [0.2, 0.25) is 0 Å². The van der Waals surface area contributed by atoms with E-state index in [0.29, 0.717) is 11.8 Å². The molecule has 1 N–H and O–H groups in total. The number of rotatable bonds is 2. The van der Waals surface area contributed by atoms with Gasteiger partial charge in [-0.25, -0.2) is 4.98 Å². The first-order chi connectivity index (χ1) is 7.43. The highest BCUT2D eigenvalue weighted by molar-refractivity contribution is 7.09. The Labute approximate surface area is 93.9 Å². The maximum atomic E-state index is 5.50. The predicted octanol–water partition coefficient (Wildman–Crippen LogP) is 1.72. The topological polar surface area (TPSA) is 34.2 Å². The van der Waals surface area contributed by atoms with Gasteiger partial charge >= 0.3 is 0 Å². The number of hydrogen-bond donors (Lipinski definition) is 1. The standard InChI is InChI=1S/C11H16N2OS/c1-2-8(6-14-3-1)10-7-15-11(13-10)9-4-12-5-9/h7-9,12H,1-6H2. The third-order valence-electron chi connectivity index (χ3n) is 3.25. The molecule has 0 spiro atoms. The van der Waals surface area contributed by atoms with E-state index in [1.54, 1.807) is 0 Å². The molecule has 2 fully saturated rings. The number of nitrogens with zero attached hydrogens (tertiary/aromatic N) is 1. The summed E-state index contributed by atoms with van der Waals surface area (Å²) in [5.41, 5.74) is 1.27. The normalized spacial score (nSPS) is 27.6. The van der Waals surface area contributed by atoms with Gasteiger partial charge in [-0.1, -0.05) is 0 Å². The minimum atomic E-state index is 0.553. The summed E-state index contributed by atoms with van der Waals surface area (Å²) in [7, 11) is 0. The molecular formula is C11H16N2OS. The van der Waals surface area contributed by atoms with Crippen molar-refractivity contribution >= 4 is 11.3 Å². The van der Waals surface area contributed by atoms with Gasteiger partial charge in [-0.3, -0.25) is 0 Å². The Morgan fingerprint density at radius 1 is 1.40 bits per heavy atom. The van der Waals surface area contributed by atoms with Crippen LogP contribution in [-0.4, -0.2) is 31.3 Å². The Morgan fingerprint density at radius 2 is 2.33 bits per heavy atom. The van der Waals surface area contributed by atoms with E-state index in [4.69, 9.17) is 9.72 Å². The number of nitrogens with one attached hydrogen (secondary N) is 1. The zero-order chi connectivity index (χ0) is 10.1. The molecule has 3 heterocycles. The minimum Gasteiger partial charge on any atom is -0.381 e. The molecule has 1 unspecified atom stereocenters. The number of aromatic nitrogens is 1. The lowest BCUT2D eigenvalue weighted by Gasteiger charge is -2.25. The highest BCUT2D eigenvalue weighted by Crippen LogP contribution is 2.30. The first-order valence-corrected chi connectivity index (χ1v) is 6.55. The van der Waals surface area contributed by atoms with Crippen LogP contribution >= 0.6 is 11.3 Å². The average molecular weight is 224 g/mol. The van der Waals surface area contributed by atoms with Gasteiger partial charge in [0.15, 0.2) is 0 Å². The summed E-state index contributed by atoms with van der Waals surface area (Å²) in [5, 5.41) is 6.83. The molecule has 2 aliphatic heterocycles. The van der Waals surface area contributed by atoms with Gasteiger partial charge in [-0.05, 0) is 12.8 Å². The molecule has 1 aromatic heterocycles. The van der Waals surface area contributed by atoms with Gasteiger partial charge in [0, 0.05) is 36.9 Å². The molecule has 15 heavy (non-hydrogen) atoms. The number of thiazole rings is 1. The monoisotopic (exact) mass is 224 g/mol. The van der Waals surface area contributed by atoms with E-state index in [2.05, 4.69) is 10.7 Å². The quantitative estimate of drug-likeness (QED) is 0.830. The van der Waals surface area contributed by atoms with Crippen LogP contribution in [0.3, 0.4) is 0 Å². The first kappa shape index (κ1) is 9.75. The number of hydrogen-bond acceptors (Lipinski definition) is 4. The van der Waals surface area contributed by atoms with Crippen molar-refractivity contribution in [2.45, 2.75) is 24.7 Å². The second kappa shape index (κ2) is 4.20. The summed E-state index contributed by atoms with van der Waals surface area (Å²) < 4.78 is 5.50. The molecule has 3 nitrogen and oxygen atoms in total. The van der Waals surface area contributed by atoms with Crippen LogP contribution in [0.25, 0.3) is 0 Å². The molecule has 1 aromatic rings. The summed E-state index contributed by atoms with van der Waals surface area (Å²) in [6.07, 6.45) is 2.43. The molecule has 4 heteroatoms. The Kier molecular flexibility index (Phi) is 2.73. The summed E-state index contributed by atoms with van der Waals surface area (Å²) in [4.78, 5) is 4.75. The lowest BCUT2D eigenvalue weighted by Crippen LogP contribution is -2.39. The SMILES string of the molecule is c1sc(C2CNC2)nc1C1CCCOC1. The van der Waals surface area contributed by atoms with Crippen molar-refractivity contribution in [2.75, 3.05) is 26.3 Å². The van der Waals surface area contributed by atoms with E-state index in [1.807, 2.05) is 11.3 Å². The third-order valence-corrected chi connectivity index (χ3v) is 4.27. The Bertz CT molecular complexity index is 329. The zero-order valence-electron chi connectivity index (χ0n) is 8.74. The Morgan fingerprint density at radius 3 is 3.00 bits per heavy atom. The zero-order valence-corrected chi connectivity index (χ0v) is 9.55. The molecular weight excluding hydrogens is 208 g/mol. The largest absolute Gasteiger partial charge is 0.381 e. The predicted molar refractivity (Wildman–Crippen MR) is 60.5 cm³/mol. The van der Waals surface area contributed by atoms with Crippen molar-refractivity contribution in [1.82, 2.24) is 10.3 Å². The smallest absolute Gasteiger partial charge is 0.0984 e. The van der Waals surface area contributed by atoms with E-state index in [1.165, 1.54) is 23.5 Å². The summed E-state index contributed by atoms with van der Waals surface area (Å²) >= 11 is 1.82. The van der Waals surface area contributed by atoms with E-state index < -0.39 is 0 Å². The average Bonchev–Trinajstić information content (AvgIpc) is 2.66. The molecule has 3 rings (SSSR count). The molecule has 2 saturated heterocycles. The van der Waals surface area contributed by atoms with Crippen LogP contribution in [0.1, 0.15) is 35.4 Å². The fraction of sp³-hybridized carbons (Fsp3) is 0.727. The van der Waals surface area contributed by atoms with Gasteiger partial charge in [0.05, 0.1) is 17.3 Å². The van der Waals surface area contributed by atoms with E-state index >= 15 is 0 Å². The van der Waals surface area contributed by atoms with Gasteiger partial charge in [-0.15, -0.1) is 11.3 Å². The number of ether oxygens (including phenoxy) is 1. The van der Waals surface area contributed by atoms with Crippen LogP contribution in [-0.2, 0) is 4.74 Å². The minimum absolute atomic E-state index is 0.553. The van der Waals surface area contributed by atoms with Crippen molar-refractivity contribution < 1.29 is 4.74 Å². The lowest BCUT2D eigenvalue weighted by atomic mass is 9.99. The van der Waals surface area contributed by atoms with E-state index in [9.17, 15) is 0 Å². The second-order valence-electron chi connectivity index (χ2n) is 4.38. The summed E-state index contributed by atoms with van der Waals surface area (Å²) in [5.74, 6) is 1.23. The molecule has 0 saturated carbocycles.